The van der Waals surface area contributed by atoms with Crippen LogP contribution >= 0.6 is 11.3 Å². The molecule has 2 fully saturated rings. The predicted octanol–water partition coefficient (Wildman–Crippen LogP) is 0.858. The number of aromatic hydroxyl groups is 1. The summed E-state index contributed by atoms with van der Waals surface area (Å²) in [5.74, 6) is 0.105. The quantitative estimate of drug-likeness (QED) is 0.334. The number of aromatic nitrogens is 6. The Morgan fingerprint density at radius 3 is 2.76 bits per heavy atom. The smallest absolute Gasteiger partial charge is 0.326 e. The molecule has 0 spiro atoms. The highest BCUT2D eigenvalue weighted by atomic mass is 32.1. The number of thiophene rings is 1. The third-order valence-electron chi connectivity index (χ3n) is 6.00. The molecule has 0 aromatic carbocycles. The van der Waals surface area contributed by atoms with Crippen molar-refractivity contribution in [1.29, 1.82) is 0 Å². The van der Waals surface area contributed by atoms with Gasteiger partial charge in [0.15, 0.2) is 11.5 Å². The Morgan fingerprint density at radius 1 is 1.21 bits per heavy atom. The van der Waals surface area contributed by atoms with Crippen LogP contribution in [0.2, 0.25) is 0 Å². The standard InChI is InChI=1S/C22H22N8O3S/c31-19-14(26-22(33)29-19)9-11-10-23-30-18(11)27-17(28-21(30)25-13-5-6-13)15-7-8-16(34-15)20(32)24-12-3-1-2-4-12/h7-10,12-13,31H,1-6H2,(H,24,32)(H2,26,29,33). The number of carbonyl (C=O) groups excluding carboxylic acids is 1. The van der Waals surface area contributed by atoms with Gasteiger partial charge in [-0.15, -0.1) is 11.3 Å². The summed E-state index contributed by atoms with van der Waals surface area (Å²) in [6.07, 6.45) is 9.54. The number of rotatable bonds is 5. The molecule has 6 rings (SSSR count). The SMILES string of the molecule is O=C(NC1CCCC1)c1ccc(-c2nc(=NC3CC3)n3ncc(=Cc4[nH]c(=O)[nH]c4O)c3n2)s1. The molecule has 12 heteroatoms. The van der Waals surface area contributed by atoms with Crippen molar-refractivity contribution in [2.45, 2.75) is 50.6 Å². The van der Waals surface area contributed by atoms with Crippen LogP contribution in [-0.4, -0.2) is 52.6 Å². The lowest BCUT2D eigenvalue weighted by Crippen LogP contribution is -2.31. The molecule has 0 aliphatic heterocycles. The second-order valence-corrected chi connectivity index (χ2v) is 9.73. The lowest BCUT2D eigenvalue weighted by molar-refractivity contribution is 0.0942. The number of nitrogens with zero attached hydrogens (tertiary/aromatic N) is 5. The minimum absolute atomic E-state index is 0.0719. The normalized spacial score (nSPS) is 17.8. The third kappa shape index (κ3) is 4.00. The van der Waals surface area contributed by atoms with E-state index in [0.717, 1.165) is 43.4 Å². The van der Waals surface area contributed by atoms with Gasteiger partial charge in [0, 0.05) is 11.3 Å². The average molecular weight is 479 g/mol. The predicted molar refractivity (Wildman–Crippen MR) is 124 cm³/mol. The molecule has 2 saturated carbocycles. The van der Waals surface area contributed by atoms with Gasteiger partial charge in [-0.2, -0.15) is 14.6 Å². The second-order valence-electron chi connectivity index (χ2n) is 8.65. The summed E-state index contributed by atoms with van der Waals surface area (Å²) < 4.78 is 1.55. The Bertz CT molecular complexity index is 1570. The largest absolute Gasteiger partial charge is 0.493 e. The zero-order valence-electron chi connectivity index (χ0n) is 18.1. The number of nitrogens with one attached hydrogen (secondary N) is 3. The molecule has 0 unspecified atom stereocenters. The van der Waals surface area contributed by atoms with Crippen LogP contribution in [0.15, 0.2) is 28.1 Å². The molecule has 4 N–H and O–H groups in total. The van der Waals surface area contributed by atoms with Gasteiger partial charge in [-0.05, 0) is 43.9 Å². The van der Waals surface area contributed by atoms with Crippen molar-refractivity contribution >= 4 is 29.0 Å². The van der Waals surface area contributed by atoms with Gasteiger partial charge in [0.2, 0.25) is 11.5 Å². The van der Waals surface area contributed by atoms with Gasteiger partial charge in [0.05, 0.1) is 22.0 Å². The maximum absolute atomic E-state index is 12.7. The highest BCUT2D eigenvalue weighted by Crippen LogP contribution is 2.26. The third-order valence-corrected chi connectivity index (χ3v) is 7.08. The highest BCUT2D eigenvalue weighted by molar-refractivity contribution is 7.17. The fraction of sp³-hybridized carbons (Fsp3) is 0.364. The van der Waals surface area contributed by atoms with Crippen LogP contribution in [0.25, 0.3) is 22.4 Å². The maximum atomic E-state index is 12.7. The molecule has 0 atom stereocenters. The molecule has 1 amide bonds. The van der Waals surface area contributed by atoms with Crippen LogP contribution < -0.4 is 21.8 Å². The first kappa shape index (κ1) is 20.8. The van der Waals surface area contributed by atoms with Gasteiger partial charge in [-0.3, -0.25) is 9.78 Å². The van der Waals surface area contributed by atoms with Gasteiger partial charge in [0.1, 0.15) is 5.69 Å². The van der Waals surface area contributed by atoms with E-state index in [9.17, 15) is 14.7 Å². The van der Waals surface area contributed by atoms with Crippen molar-refractivity contribution in [3.05, 3.63) is 50.2 Å². The summed E-state index contributed by atoms with van der Waals surface area (Å²) in [7, 11) is 0. The molecule has 4 heterocycles. The van der Waals surface area contributed by atoms with E-state index in [1.807, 2.05) is 6.07 Å². The van der Waals surface area contributed by atoms with Gasteiger partial charge in [-0.1, -0.05) is 12.8 Å². The van der Waals surface area contributed by atoms with Gasteiger partial charge in [-0.25, -0.2) is 14.8 Å². The molecule has 0 radical (unpaired) electrons. The lowest BCUT2D eigenvalue weighted by Gasteiger charge is -2.10. The molecule has 0 saturated heterocycles. The number of carbonyl (C=O) groups is 1. The molecule has 2 aliphatic carbocycles. The van der Waals surface area contributed by atoms with E-state index in [-0.39, 0.29) is 29.6 Å². The number of imidazole rings is 1. The van der Waals surface area contributed by atoms with Gasteiger partial charge < -0.3 is 15.4 Å². The minimum atomic E-state index is -0.512. The Balaban J connectivity index is 1.43. The summed E-state index contributed by atoms with van der Waals surface area (Å²) in [6, 6.07) is 4.09. The lowest BCUT2D eigenvalue weighted by atomic mass is 10.2. The van der Waals surface area contributed by atoms with Crippen molar-refractivity contribution in [2.75, 3.05) is 0 Å². The van der Waals surface area contributed by atoms with Crippen molar-refractivity contribution < 1.29 is 9.90 Å². The number of H-pyrrole nitrogens is 2. The highest BCUT2D eigenvalue weighted by Gasteiger charge is 2.22. The zero-order valence-corrected chi connectivity index (χ0v) is 18.9. The van der Waals surface area contributed by atoms with E-state index in [2.05, 4.69) is 30.4 Å². The molecule has 174 valence electrons. The Kier molecular flexibility index (Phi) is 5.01. The number of amides is 1. The number of hydrogen-bond acceptors (Lipinski definition) is 8. The molecular formula is C22H22N8O3S. The number of hydrogen-bond donors (Lipinski definition) is 4. The van der Waals surface area contributed by atoms with Crippen LogP contribution in [0.1, 0.15) is 53.9 Å². The van der Waals surface area contributed by atoms with Crippen molar-refractivity contribution in [2.24, 2.45) is 4.99 Å². The van der Waals surface area contributed by atoms with E-state index in [0.29, 0.717) is 27.2 Å². The summed E-state index contributed by atoms with van der Waals surface area (Å²) in [5, 5.41) is 18.0. The summed E-state index contributed by atoms with van der Waals surface area (Å²) in [5.41, 5.74) is 0.625. The molecule has 11 nitrogen and oxygen atoms in total. The zero-order chi connectivity index (χ0) is 23.2. The first-order valence-corrected chi connectivity index (χ1v) is 12.1. The first-order chi connectivity index (χ1) is 16.5. The van der Waals surface area contributed by atoms with Crippen LogP contribution in [0.5, 0.6) is 5.88 Å². The van der Waals surface area contributed by atoms with Crippen molar-refractivity contribution in [1.82, 2.24) is 34.9 Å². The fourth-order valence-electron chi connectivity index (χ4n) is 4.10. The van der Waals surface area contributed by atoms with E-state index in [1.54, 1.807) is 22.9 Å². The van der Waals surface area contributed by atoms with E-state index in [4.69, 9.17) is 4.98 Å². The van der Waals surface area contributed by atoms with Crippen molar-refractivity contribution in [3.63, 3.8) is 0 Å². The molecular weight excluding hydrogens is 456 g/mol. The van der Waals surface area contributed by atoms with Gasteiger partial charge in [0.25, 0.3) is 5.91 Å². The number of aromatic amines is 2. The molecule has 4 aromatic rings. The van der Waals surface area contributed by atoms with Crippen LogP contribution in [0.4, 0.5) is 0 Å². The first-order valence-electron chi connectivity index (χ1n) is 11.3. The topological polar surface area (TPSA) is 153 Å². The van der Waals surface area contributed by atoms with Crippen molar-refractivity contribution in [3.8, 4) is 16.6 Å². The Morgan fingerprint density at radius 2 is 2.03 bits per heavy atom. The molecule has 4 aromatic heterocycles. The average Bonchev–Trinajstić information content (AvgIpc) is 3.24. The Labute approximate surface area is 196 Å². The van der Waals surface area contributed by atoms with E-state index in [1.165, 1.54) is 11.3 Å². The molecule has 34 heavy (non-hydrogen) atoms. The van der Waals surface area contributed by atoms with E-state index < -0.39 is 5.69 Å². The minimum Gasteiger partial charge on any atom is -0.493 e. The summed E-state index contributed by atoms with van der Waals surface area (Å²) >= 11 is 1.34. The van der Waals surface area contributed by atoms with Crippen LogP contribution in [-0.2, 0) is 0 Å². The fourth-order valence-corrected chi connectivity index (χ4v) is 4.94. The summed E-state index contributed by atoms with van der Waals surface area (Å²) in [6.45, 7) is 0. The second kappa shape index (κ2) is 8.20. The van der Waals surface area contributed by atoms with Crippen LogP contribution in [0.3, 0.4) is 0 Å². The monoisotopic (exact) mass is 478 g/mol. The van der Waals surface area contributed by atoms with Gasteiger partial charge >= 0.3 is 5.69 Å². The Hall–Kier alpha value is -3.80. The molecule has 0 bridgehead atoms. The molecule has 2 aliphatic rings. The van der Waals surface area contributed by atoms with E-state index >= 15 is 0 Å². The number of fused-ring (bicyclic) bond motifs is 1. The summed E-state index contributed by atoms with van der Waals surface area (Å²) in [4.78, 5) is 44.4. The van der Waals surface area contributed by atoms with Crippen LogP contribution in [0, 0.1) is 0 Å². The maximum Gasteiger partial charge on any atom is 0.326 e.